The summed E-state index contributed by atoms with van der Waals surface area (Å²) in [6.07, 6.45) is 1.91. The van der Waals surface area contributed by atoms with E-state index in [1.807, 2.05) is 35.0 Å². The van der Waals surface area contributed by atoms with Gasteiger partial charge in [0.05, 0.1) is 11.6 Å². The summed E-state index contributed by atoms with van der Waals surface area (Å²) >= 11 is 0. The summed E-state index contributed by atoms with van der Waals surface area (Å²) in [6, 6.07) is 10.5. The average Bonchev–Trinajstić information content (AvgIpc) is 2.86. The minimum absolute atomic E-state index is 0.0415. The molecular formula is C16H20N4O. The number of benzene rings is 1. The predicted molar refractivity (Wildman–Crippen MR) is 82.5 cm³/mol. The van der Waals surface area contributed by atoms with Crippen molar-refractivity contribution in [3.8, 4) is 6.07 Å². The minimum Gasteiger partial charge on any atom is -0.341 e. The van der Waals surface area contributed by atoms with Crippen molar-refractivity contribution in [2.75, 3.05) is 6.54 Å². The molecule has 0 atom stereocenters. The first-order valence-corrected chi connectivity index (χ1v) is 7.05. The lowest BCUT2D eigenvalue weighted by Gasteiger charge is -2.12. The van der Waals surface area contributed by atoms with Gasteiger partial charge in [-0.2, -0.15) is 5.26 Å². The smallest absolute Gasteiger partial charge is 0.240 e. The number of para-hydroxylation sites is 1. The Labute approximate surface area is 124 Å². The Bertz CT molecular complexity index is 666. The van der Waals surface area contributed by atoms with Crippen molar-refractivity contribution in [3.63, 3.8) is 0 Å². The summed E-state index contributed by atoms with van der Waals surface area (Å²) < 4.78 is 1.93. The normalized spacial score (nSPS) is 10.8. The number of aromatic nitrogens is 1. The van der Waals surface area contributed by atoms with E-state index in [1.54, 1.807) is 0 Å². The van der Waals surface area contributed by atoms with E-state index in [4.69, 9.17) is 5.26 Å². The molecule has 2 aromatic rings. The summed E-state index contributed by atoms with van der Waals surface area (Å²) in [4.78, 5) is 11.8. The van der Waals surface area contributed by atoms with E-state index in [0.717, 1.165) is 17.4 Å². The molecule has 0 aliphatic rings. The molecule has 2 rings (SSSR count). The van der Waals surface area contributed by atoms with Crippen LogP contribution in [0.25, 0.3) is 10.9 Å². The fraction of sp³-hybridized carbons (Fsp3) is 0.375. The molecule has 1 aromatic carbocycles. The Morgan fingerprint density at radius 2 is 2.19 bits per heavy atom. The van der Waals surface area contributed by atoms with Gasteiger partial charge in [-0.05, 0) is 17.0 Å². The van der Waals surface area contributed by atoms with E-state index < -0.39 is 0 Å². The zero-order valence-electron chi connectivity index (χ0n) is 12.4. The van der Waals surface area contributed by atoms with E-state index in [1.165, 1.54) is 5.56 Å². The number of carbonyl (C=O) groups is 1. The molecule has 1 aromatic heterocycles. The van der Waals surface area contributed by atoms with Crippen LogP contribution < -0.4 is 10.6 Å². The number of nitriles is 1. The highest BCUT2D eigenvalue weighted by molar-refractivity contribution is 5.85. The van der Waals surface area contributed by atoms with Crippen LogP contribution in [0.5, 0.6) is 0 Å². The number of nitrogens with zero attached hydrogens (tertiary/aromatic N) is 2. The molecule has 0 spiro atoms. The number of hydrogen-bond acceptors (Lipinski definition) is 3. The zero-order valence-corrected chi connectivity index (χ0v) is 12.4. The lowest BCUT2D eigenvalue weighted by molar-refractivity contribution is -0.121. The summed E-state index contributed by atoms with van der Waals surface area (Å²) in [5.74, 6) is -0.152. The molecule has 1 amide bonds. The van der Waals surface area contributed by atoms with Crippen LogP contribution in [0.4, 0.5) is 0 Å². The lowest BCUT2D eigenvalue weighted by atomic mass is 10.1. The third-order valence-corrected chi connectivity index (χ3v) is 3.25. The van der Waals surface area contributed by atoms with Crippen molar-refractivity contribution in [3.05, 3.63) is 36.0 Å². The Morgan fingerprint density at radius 3 is 2.90 bits per heavy atom. The number of carbonyl (C=O) groups excluding carboxylic acids is 1. The van der Waals surface area contributed by atoms with Crippen molar-refractivity contribution >= 4 is 16.8 Å². The predicted octanol–water partition coefficient (Wildman–Crippen LogP) is 1.78. The fourth-order valence-electron chi connectivity index (χ4n) is 2.28. The molecule has 0 aliphatic heterocycles. The van der Waals surface area contributed by atoms with Crippen LogP contribution in [0.3, 0.4) is 0 Å². The van der Waals surface area contributed by atoms with Gasteiger partial charge in [-0.25, -0.2) is 0 Å². The third kappa shape index (κ3) is 3.83. The first-order valence-electron chi connectivity index (χ1n) is 7.05. The first-order chi connectivity index (χ1) is 10.1. The van der Waals surface area contributed by atoms with Gasteiger partial charge in [0.15, 0.2) is 0 Å². The molecule has 0 unspecified atom stereocenters. The maximum Gasteiger partial charge on any atom is 0.240 e. The van der Waals surface area contributed by atoms with Gasteiger partial charge in [-0.1, -0.05) is 32.0 Å². The highest BCUT2D eigenvalue weighted by Gasteiger charge is 2.09. The third-order valence-electron chi connectivity index (χ3n) is 3.25. The molecule has 5 nitrogen and oxygen atoms in total. The van der Waals surface area contributed by atoms with Crippen molar-refractivity contribution in [2.45, 2.75) is 33.0 Å². The molecule has 0 bridgehead atoms. The van der Waals surface area contributed by atoms with Crippen molar-refractivity contribution in [2.24, 2.45) is 0 Å². The summed E-state index contributed by atoms with van der Waals surface area (Å²) in [5, 5.41) is 15.6. The standard InChI is InChI=1S/C16H20N4O/c1-12(2)19-10-14-5-3-4-13-6-9-20(16(13)14)11-15(21)18-8-7-17/h3-6,9,12,19H,8,10-11H2,1-2H3,(H,18,21). The Morgan fingerprint density at radius 1 is 1.38 bits per heavy atom. The van der Waals surface area contributed by atoms with Crippen LogP contribution in [-0.4, -0.2) is 23.1 Å². The van der Waals surface area contributed by atoms with Crippen LogP contribution in [0, 0.1) is 11.3 Å². The molecule has 110 valence electrons. The fourth-order valence-corrected chi connectivity index (χ4v) is 2.28. The van der Waals surface area contributed by atoms with Gasteiger partial charge in [-0.15, -0.1) is 0 Å². The SMILES string of the molecule is CC(C)NCc1cccc2ccn(CC(=O)NCC#N)c12. The number of hydrogen-bond donors (Lipinski definition) is 2. The summed E-state index contributed by atoms with van der Waals surface area (Å²) in [5.41, 5.74) is 2.23. The largest absolute Gasteiger partial charge is 0.341 e. The van der Waals surface area contributed by atoms with Gasteiger partial charge in [0, 0.05) is 18.8 Å². The van der Waals surface area contributed by atoms with Gasteiger partial charge in [0.2, 0.25) is 5.91 Å². The van der Waals surface area contributed by atoms with Crippen molar-refractivity contribution < 1.29 is 4.79 Å². The summed E-state index contributed by atoms with van der Waals surface area (Å²) in [6.45, 7) is 5.24. The van der Waals surface area contributed by atoms with Gasteiger partial charge < -0.3 is 15.2 Å². The van der Waals surface area contributed by atoms with Gasteiger partial charge >= 0.3 is 0 Å². The molecule has 5 heteroatoms. The van der Waals surface area contributed by atoms with Gasteiger partial charge in [-0.3, -0.25) is 4.79 Å². The Hall–Kier alpha value is -2.32. The van der Waals surface area contributed by atoms with E-state index >= 15 is 0 Å². The van der Waals surface area contributed by atoms with Crippen LogP contribution in [0.1, 0.15) is 19.4 Å². The molecule has 0 radical (unpaired) electrons. The highest BCUT2D eigenvalue weighted by Crippen LogP contribution is 2.20. The van der Waals surface area contributed by atoms with Crippen LogP contribution in [-0.2, 0) is 17.9 Å². The molecule has 0 saturated carbocycles. The molecule has 21 heavy (non-hydrogen) atoms. The molecule has 0 saturated heterocycles. The van der Waals surface area contributed by atoms with E-state index in [2.05, 4.69) is 30.5 Å². The first kappa shape index (κ1) is 15.1. The molecular weight excluding hydrogens is 264 g/mol. The van der Waals surface area contributed by atoms with Crippen molar-refractivity contribution in [1.82, 2.24) is 15.2 Å². The number of rotatable bonds is 6. The maximum absolute atomic E-state index is 11.8. The van der Waals surface area contributed by atoms with Crippen LogP contribution in [0.2, 0.25) is 0 Å². The molecule has 0 fully saturated rings. The number of amides is 1. The Kier molecular flexibility index (Phi) is 4.96. The van der Waals surface area contributed by atoms with E-state index in [-0.39, 0.29) is 19.0 Å². The minimum atomic E-state index is -0.152. The van der Waals surface area contributed by atoms with E-state index in [0.29, 0.717) is 6.04 Å². The second kappa shape index (κ2) is 6.91. The van der Waals surface area contributed by atoms with E-state index in [9.17, 15) is 4.79 Å². The van der Waals surface area contributed by atoms with Crippen molar-refractivity contribution in [1.29, 1.82) is 5.26 Å². The van der Waals surface area contributed by atoms with Crippen LogP contribution in [0.15, 0.2) is 30.5 Å². The highest BCUT2D eigenvalue weighted by atomic mass is 16.1. The second-order valence-corrected chi connectivity index (χ2v) is 5.27. The zero-order chi connectivity index (χ0) is 15.2. The molecule has 1 heterocycles. The van der Waals surface area contributed by atoms with Crippen LogP contribution >= 0.6 is 0 Å². The Balaban J connectivity index is 2.24. The molecule has 0 aliphatic carbocycles. The second-order valence-electron chi connectivity index (χ2n) is 5.27. The number of nitrogens with one attached hydrogen (secondary N) is 2. The number of fused-ring (bicyclic) bond motifs is 1. The monoisotopic (exact) mass is 284 g/mol. The van der Waals surface area contributed by atoms with Gasteiger partial charge in [0.1, 0.15) is 13.1 Å². The quantitative estimate of drug-likeness (QED) is 0.794. The average molecular weight is 284 g/mol. The lowest BCUT2D eigenvalue weighted by Crippen LogP contribution is -2.28. The topological polar surface area (TPSA) is 69.8 Å². The molecule has 2 N–H and O–H groups in total. The maximum atomic E-state index is 11.8. The summed E-state index contributed by atoms with van der Waals surface area (Å²) in [7, 11) is 0. The van der Waals surface area contributed by atoms with Gasteiger partial charge in [0.25, 0.3) is 0 Å².